The van der Waals surface area contributed by atoms with Crippen molar-refractivity contribution in [2.75, 3.05) is 31.6 Å². The summed E-state index contributed by atoms with van der Waals surface area (Å²) in [7, 11) is 1.95. The Hall–Kier alpha value is -2.96. The molecule has 1 aliphatic rings. The van der Waals surface area contributed by atoms with Gasteiger partial charge in [-0.15, -0.1) is 0 Å². The summed E-state index contributed by atoms with van der Waals surface area (Å²) in [5.41, 5.74) is 7.19. The lowest BCUT2D eigenvalue weighted by molar-refractivity contribution is -0.127. The molecule has 0 radical (unpaired) electrons. The van der Waals surface area contributed by atoms with Crippen molar-refractivity contribution in [2.45, 2.75) is 32.6 Å². The number of hydrogen-bond donors (Lipinski definition) is 1. The molecule has 1 saturated heterocycles. The number of anilines is 1. The van der Waals surface area contributed by atoms with Crippen molar-refractivity contribution in [2.24, 2.45) is 10.7 Å². The first-order valence-corrected chi connectivity index (χ1v) is 9.98. The third kappa shape index (κ3) is 7.52. The smallest absolute Gasteiger partial charge is 0.222 e. The first kappa shape index (κ1) is 22.3. The zero-order valence-corrected chi connectivity index (χ0v) is 17.2. The zero-order valence-electron chi connectivity index (χ0n) is 17.2. The van der Waals surface area contributed by atoms with Crippen LogP contribution in [-0.4, -0.2) is 48.8 Å². The number of nitrogens with two attached hydrogens (primary N) is 1. The second kappa shape index (κ2) is 11.8. The Morgan fingerprint density at radius 2 is 2.03 bits per heavy atom. The van der Waals surface area contributed by atoms with Gasteiger partial charge in [0.2, 0.25) is 5.91 Å². The van der Waals surface area contributed by atoms with Crippen LogP contribution in [0.1, 0.15) is 31.9 Å². The van der Waals surface area contributed by atoms with Gasteiger partial charge < -0.3 is 15.5 Å². The van der Waals surface area contributed by atoms with Crippen LogP contribution in [0.15, 0.2) is 47.5 Å². The van der Waals surface area contributed by atoms with Gasteiger partial charge in [-0.3, -0.25) is 4.79 Å². The monoisotopic (exact) mass is 399 g/mol. The molecule has 0 atom stereocenters. The van der Waals surface area contributed by atoms with E-state index in [1.807, 2.05) is 35.0 Å². The van der Waals surface area contributed by atoms with Crippen LogP contribution in [-0.2, 0) is 11.2 Å². The lowest BCUT2D eigenvalue weighted by atomic mass is 10.2. The van der Waals surface area contributed by atoms with Crippen LogP contribution in [0.25, 0.3) is 0 Å². The van der Waals surface area contributed by atoms with Crippen molar-refractivity contribution in [1.29, 1.82) is 0 Å². The van der Waals surface area contributed by atoms with Crippen LogP contribution in [0.2, 0.25) is 0 Å². The van der Waals surface area contributed by atoms with E-state index in [4.69, 9.17) is 5.73 Å². The van der Waals surface area contributed by atoms with E-state index in [-0.39, 0.29) is 11.7 Å². The van der Waals surface area contributed by atoms with Crippen molar-refractivity contribution >= 4 is 23.8 Å². The minimum absolute atomic E-state index is 0.225. The number of pyridine rings is 1. The maximum absolute atomic E-state index is 12.8. The molecular formula is C22H30FN5O. The maximum atomic E-state index is 12.8. The highest BCUT2D eigenvalue weighted by Crippen LogP contribution is 2.14. The summed E-state index contributed by atoms with van der Waals surface area (Å²) in [6.45, 7) is 4.51. The standard InChI is InChI=1S/C13H17FN2O.C9H13N3/c1-15(12-6-4-11(14)5-7-12)9-10-16-8-2-3-13(16)17;1-2-4-8-5-3-6-9(12-8)11-7-10/h4-7H,2-3,8-10H2,1H3;3,5-7H,2,4H2,1H3,(H2,10,11,12). The Bertz CT molecular complexity index is 794. The molecule has 7 heteroatoms. The predicted octanol–water partition coefficient (Wildman–Crippen LogP) is 3.54. The third-order valence-corrected chi connectivity index (χ3v) is 4.65. The van der Waals surface area contributed by atoms with Crippen molar-refractivity contribution in [3.8, 4) is 0 Å². The minimum Gasteiger partial charge on any atom is -0.390 e. The van der Waals surface area contributed by atoms with E-state index in [0.29, 0.717) is 12.2 Å². The normalized spacial score (nSPS) is 13.5. The summed E-state index contributed by atoms with van der Waals surface area (Å²) in [5, 5.41) is 0. The summed E-state index contributed by atoms with van der Waals surface area (Å²) in [6.07, 6.45) is 5.01. The van der Waals surface area contributed by atoms with Gasteiger partial charge in [0.15, 0.2) is 5.82 Å². The van der Waals surface area contributed by atoms with E-state index < -0.39 is 0 Å². The van der Waals surface area contributed by atoms with Crippen LogP contribution < -0.4 is 10.6 Å². The molecule has 0 bridgehead atoms. The van der Waals surface area contributed by atoms with Gasteiger partial charge in [0.1, 0.15) is 5.82 Å². The fraction of sp³-hybridized carbons (Fsp3) is 0.409. The van der Waals surface area contributed by atoms with Gasteiger partial charge in [0.05, 0.1) is 6.34 Å². The minimum atomic E-state index is -0.225. The Morgan fingerprint density at radius 1 is 1.28 bits per heavy atom. The molecule has 0 unspecified atom stereocenters. The third-order valence-electron chi connectivity index (χ3n) is 4.65. The second-order valence-electron chi connectivity index (χ2n) is 6.90. The fourth-order valence-corrected chi connectivity index (χ4v) is 3.05. The lowest BCUT2D eigenvalue weighted by Gasteiger charge is -2.23. The van der Waals surface area contributed by atoms with Gasteiger partial charge in [0, 0.05) is 44.5 Å². The van der Waals surface area contributed by atoms with Crippen LogP contribution >= 0.6 is 0 Å². The molecule has 2 heterocycles. The summed E-state index contributed by atoms with van der Waals surface area (Å²) >= 11 is 0. The Morgan fingerprint density at radius 3 is 2.66 bits per heavy atom. The van der Waals surface area contributed by atoms with Gasteiger partial charge in [0.25, 0.3) is 0 Å². The number of likely N-dealkylation sites (tertiary alicyclic amines) is 1. The zero-order chi connectivity index (χ0) is 21.1. The number of rotatable bonds is 7. The van der Waals surface area contributed by atoms with Crippen LogP contribution in [0.5, 0.6) is 0 Å². The van der Waals surface area contributed by atoms with Gasteiger partial charge >= 0.3 is 0 Å². The molecule has 1 aromatic carbocycles. The van der Waals surface area contributed by atoms with Crippen molar-refractivity contribution < 1.29 is 9.18 Å². The average molecular weight is 400 g/mol. The number of hydrogen-bond acceptors (Lipinski definition) is 4. The molecule has 3 rings (SSSR count). The number of nitrogens with zero attached hydrogens (tertiary/aromatic N) is 4. The molecule has 0 spiro atoms. The molecule has 156 valence electrons. The van der Waals surface area contributed by atoms with Crippen LogP contribution in [0.4, 0.5) is 15.9 Å². The molecule has 6 nitrogen and oxygen atoms in total. The number of aromatic nitrogens is 1. The number of aryl methyl sites for hydroxylation is 1. The first-order valence-electron chi connectivity index (χ1n) is 9.98. The molecular weight excluding hydrogens is 369 g/mol. The van der Waals surface area contributed by atoms with Gasteiger partial charge in [-0.05, 0) is 49.2 Å². The van der Waals surface area contributed by atoms with E-state index in [2.05, 4.69) is 16.9 Å². The molecule has 1 amide bonds. The summed E-state index contributed by atoms with van der Waals surface area (Å²) < 4.78 is 12.8. The molecule has 2 N–H and O–H groups in total. The number of benzene rings is 1. The van der Waals surface area contributed by atoms with Crippen molar-refractivity contribution in [3.05, 3.63) is 54.0 Å². The van der Waals surface area contributed by atoms with Crippen LogP contribution in [0.3, 0.4) is 0 Å². The van der Waals surface area contributed by atoms with Crippen molar-refractivity contribution in [3.63, 3.8) is 0 Å². The predicted molar refractivity (Wildman–Crippen MR) is 116 cm³/mol. The number of likely N-dealkylation sites (N-methyl/N-ethyl adjacent to an activating group) is 1. The lowest BCUT2D eigenvalue weighted by Crippen LogP contribution is -2.33. The van der Waals surface area contributed by atoms with Gasteiger partial charge in [-0.2, -0.15) is 0 Å². The highest BCUT2D eigenvalue weighted by Gasteiger charge is 2.19. The van der Waals surface area contributed by atoms with Gasteiger partial charge in [-0.25, -0.2) is 14.4 Å². The number of carbonyl (C=O) groups excluding carboxylic acids is 1. The average Bonchev–Trinajstić information content (AvgIpc) is 3.13. The maximum Gasteiger partial charge on any atom is 0.222 e. The molecule has 1 fully saturated rings. The Kier molecular flexibility index (Phi) is 9.08. The van der Waals surface area contributed by atoms with Crippen molar-refractivity contribution in [1.82, 2.24) is 9.88 Å². The summed E-state index contributed by atoms with van der Waals surface area (Å²) in [4.78, 5) is 23.5. The number of amides is 1. The summed E-state index contributed by atoms with van der Waals surface area (Å²) in [5.74, 6) is 0.706. The van der Waals surface area contributed by atoms with Crippen LogP contribution in [0, 0.1) is 5.82 Å². The second-order valence-corrected chi connectivity index (χ2v) is 6.90. The highest BCUT2D eigenvalue weighted by molar-refractivity contribution is 5.78. The molecule has 0 saturated carbocycles. The Labute approximate surface area is 172 Å². The van der Waals surface area contributed by atoms with E-state index >= 15 is 0 Å². The Balaban J connectivity index is 0.000000221. The number of halogens is 1. The van der Waals surface area contributed by atoms with Gasteiger partial charge in [-0.1, -0.05) is 19.4 Å². The molecule has 1 aromatic heterocycles. The molecule has 0 aliphatic carbocycles. The topological polar surface area (TPSA) is 74.8 Å². The number of aliphatic imine (C=N–C) groups is 1. The molecule has 1 aliphatic heterocycles. The van der Waals surface area contributed by atoms with E-state index in [1.54, 1.807) is 12.1 Å². The molecule has 2 aromatic rings. The fourth-order valence-electron chi connectivity index (χ4n) is 3.05. The first-order chi connectivity index (χ1) is 14.0. The van der Waals surface area contributed by atoms with E-state index in [0.717, 1.165) is 50.3 Å². The molecule has 29 heavy (non-hydrogen) atoms. The van der Waals surface area contributed by atoms with E-state index in [9.17, 15) is 9.18 Å². The summed E-state index contributed by atoms with van der Waals surface area (Å²) in [6, 6.07) is 12.2. The quantitative estimate of drug-likeness (QED) is 0.571. The largest absolute Gasteiger partial charge is 0.390 e. The SMILES string of the molecule is CCCc1cccc(/N=C\N)n1.CN(CCN1CCCC1=O)c1ccc(F)cc1. The number of carbonyl (C=O) groups is 1. The van der Waals surface area contributed by atoms with E-state index in [1.165, 1.54) is 18.5 Å². The highest BCUT2D eigenvalue weighted by atomic mass is 19.1.